The van der Waals surface area contributed by atoms with E-state index in [1.807, 2.05) is 12.1 Å². The molecule has 0 atom stereocenters. The van der Waals surface area contributed by atoms with Crippen molar-refractivity contribution in [2.24, 2.45) is 0 Å². The number of hydrogen-bond acceptors (Lipinski definition) is 1. The summed E-state index contributed by atoms with van der Waals surface area (Å²) in [6, 6.07) is 16.7. The summed E-state index contributed by atoms with van der Waals surface area (Å²) in [7, 11) is 0. The maximum atomic E-state index is 11.9. The first-order chi connectivity index (χ1) is 10.2. The lowest BCUT2D eigenvalue weighted by molar-refractivity contribution is -0.121. The highest BCUT2D eigenvalue weighted by atomic mass is 16.1. The summed E-state index contributed by atoms with van der Waals surface area (Å²) < 4.78 is 0. The minimum Gasteiger partial charge on any atom is -0.352 e. The van der Waals surface area contributed by atoms with Gasteiger partial charge in [0.15, 0.2) is 0 Å². The Balaban J connectivity index is 1.78. The number of hydrogen-bond donors (Lipinski definition) is 1. The first-order valence-corrected chi connectivity index (χ1v) is 7.58. The third-order valence-electron chi connectivity index (χ3n) is 3.81. The van der Waals surface area contributed by atoms with Gasteiger partial charge in [-0.1, -0.05) is 55.5 Å². The van der Waals surface area contributed by atoms with Gasteiger partial charge in [-0.2, -0.15) is 0 Å². The van der Waals surface area contributed by atoms with E-state index in [1.165, 1.54) is 22.3 Å². The van der Waals surface area contributed by atoms with Crippen molar-refractivity contribution in [1.29, 1.82) is 0 Å². The largest absolute Gasteiger partial charge is 0.352 e. The average molecular weight is 281 g/mol. The lowest BCUT2D eigenvalue weighted by Gasteiger charge is -2.08. The van der Waals surface area contributed by atoms with Crippen LogP contribution in [0.3, 0.4) is 0 Å². The minimum atomic E-state index is 0.109. The molecule has 0 fully saturated rings. The van der Waals surface area contributed by atoms with E-state index in [-0.39, 0.29) is 5.91 Å². The second-order valence-corrected chi connectivity index (χ2v) is 5.37. The zero-order valence-corrected chi connectivity index (χ0v) is 12.9. The van der Waals surface area contributed by atoms with Crippen molar-refractivity contribution < 1.29 is 4.79 Å². The van der Waals surface area contributed by atoms with E-state index < -0.39 is 0 Å². The van der Waals surface area contributed by atoms with E-state index in [0.29, 0.717) is 13.0 Å². The van der Waals surface area contributed by atoms with Crippen molar-refractivity contribution in [3.8, 4) is 0 Å². The van der Waals surface area contributed by atoms with Crippen LogP contribution in [-0.4, -0.2) is 5.91 Å². The molecule has 0 aromatic heterocycles. The molecule has 2 rings (SSSR count). The summed E-state index contributed by atoms with van der Waals surface area (Å²) in [5.74, 6) is 0.109. The Kier molecular flexibility index (Phi) is 5.56. The van der Waals surface area contributed by atoms with Crippen LogP contribution in [0.25, 0.3) is 0 Å². The number of carbonyl (C=O) groups excluding carboxylic acids is 1. The van der Waals surface area contributed by atoms with Crippen LogP contribution in [0, 0.1) is 6.92 Å². The zero-order chi connectivity index (χ0) is 15.1. The van der Waals surface area contributed by atoms with E-state index in [9.17, 15) is 4.79 Å². The van der Waals surface area contributed by atoms with Gasteiger partial charge in [-0.3, -0.25) is 4.79 Å². The zero-order valence-electron chi connectivity index (χ0n) is 12.9. The van der Waals surface area contributed by atoms with E-state index in [0.717, 1.165) is 12.8 Å². The third kappa shape index (κ3) is 4.75. The molecule has 2 aromatic rings. The number of carbonyl (C=O) groups is 1. The maximum absolute atomic E-state index is 11.9. The highest BCUT2D eigenvalue weighted by molar-refractivity contribution is 5.76. The minimum absolute atomic E-state index is 0.109. The van der Waals surface area contributed by atoms with Crippen LogP contribution in [0.1, 0.15) is 35.6 Å². The molecule has 110 valence electrons. The molecule has 0 saturated heterocycles. The Morgan fingerprint density at radius 1 is 1.00 bits per heavy atom. The molecule has 0 aliphatic carbocycles. The van der Waals surface area contributed by atoms with Crippen LogP contribution in [0.4, 0.5) is 0 Å². The summed E-state index contributed by atoms with van der Waals surface area (Å²) in [5.41, 5.74) is 4.95. The molecule has 2 heteroatoms. The van der Waals surface area contributed by atoms with Gasteiger partial charge in [0, 0.05) is 13.0 Å². The van der Waals surface area contributed by atoms with E-state index in [1.54, 1.807) is 0 Å². The number of benzene rings is 2. The highest BCUT2D eigenvalue weighted by Gasteiger charge is 2.03. The topological polar surface area (TPSA) is 29.1 Å². The van der Waals surface area contributed by atoms with Crippen LogP contribution in [-0.2, 0) is 24.2 Å². The maximum Gasteiger partial charge on any atom is 0.220 e. The number of rotatable bonds is 6. The van der Waals surface area contributed by atoms with Crippen molar-refractivity contribution in [2.75, 3.05) is 0 Å². The van der Waals surface area contributed by atoms with Crippen LogP contribution < -0.4 is 5.32 Å². The van der Waals surface area contributed by atoms with Crippen molar-refractivity contribution in [3.63, 3.8) is 0 Å². The predicted molar refractivity (Wildman–Crippen MR) is 87.2 cm³/mol. The first-order valence-electron chi connectivity index (χ1n) is 7.58. The van der Waals surface area contributed by atoms with Gasteiger partial charge in [-0.25, -0.2) is 0 Å². The third-order valence-corrected chi connectivity index (χ3v) is 3.81. The van der Waals surface area contributed by atoms with Gasteiger partial charge in [0.1, 0.15) is 0 Å². The van der Waals surface area contributed by atoms with Gasteiger partial charge in [-0.15, -0.1) is 0 Å². The number of aryl methyl sites for hydroxylation is 3. The number of nitrogens with one attached hydrogen (secondary N) is 1. The fraction of sp³-hybridized carbons (Fsp3) is 0.316. The molecule has 0 heterocycles. The molecule has 0 spiro atoms. The second kappa shape index (κ2) is 7.63. The molecule has 0 radical (unpaired) electrons. The summed E-state index contributed by atoms with van der Waals surface area (Å²) >= 11 is 0. The molecule has 1 amide bonds. The summed E-state index contributed by atoms with van der Waals surface area (Å²) in [4.78, 5) is 11.9. The molecule has 0 bridgehead atoms. The molecule has 0 aliphatic heterocycles. The molecule has 1 N–H and O–H groups in total. The fourth-order valence-electron chi connectivity index (χ4n) is 2.29. The molecule has 0 aliphatic rings. The summed E-state index contributed by atoms with van der Waals surface area (Å²) in [5, 5.41) is 2.99. The molecular formula is C19H23NO. The van der Waals surface area contributed by atoms with Crippen LogP contribution in [0.15, 0.2) is 48.5 Å². The first kappa shape index (κ1) is 15.3. The molecule has 0 unspecified atom stereocenters. The van der Waals surface area contributed by atoms with Gasteiger partial charge >= 0.3 is 0 Å². The normalized spacial score (nSPS) is 10.4. The van der Waals surface area contributed by atoms with E-state index in [2.05, 4.69) is 55.6 Å². The van der Waals surface area contributed by atoms with E-state index >= 15 is 0 Å². The molecule has 21 heavy (non-hydrogen) atoms. The smallest absolute Gasteiger partial charge is 0.220 e. The molecule has 2 aromatic carbocycles. The Morgan fingerprint density at radius 3 is 2.33 bits per heavy atom. The SMILES string of the molecule is CCc1ccc(CCC(=O)NCc2ccccc2C)cc1. The second-order valence-electron chi connectivity index (χ2n) is 5.37. The standard InChI is InChI=1S/C19H23NO/c1-3-16-8-10-17(11-9-16)12-13-19(21)20-14-18-7-5-4-6-15(18)2/h4-11H,3,12-14H2,1-2H3,(H,20,21). The van der Waals surface area contributed by atoms with Gasteiger partial charge < -0.3 is 5.32 Å². The quantitative estimate of drug-likeness (QED) is 0.857. The van der Waals surface area contributed by atoms with Gasteiger partial charge in [0.25, 0.3) is 0 Å². The predicted octanol–water partition coefficient (Wildman–Crippen LogP) is 3.81. The monoisotopic (exact) mass is 281 g/mol. The Morgan fingerprint density at radius 2 is 1.67 bits per heavy atom. The van der Waals surface area contributed by atoms with Crippen LogP contribution >= 0.6 is 0 Å². The molecule has 0 saturated carbocycles. The number of amides is 1. The van der Waals surface area contributed by atoms with Crippen molar-refractivity contribution in [3.05, 3.63) is 70.8 Å². The van der Waals surface area contributed by atoms with Gasteiger partial charge in [-0.05, 0) is 42.0 Å². The van der Waals surface area contributed by atoms with Crippen molar-refractivity contribution in [2.45, 2.75) is 39.7 Å². The highest BCUT2D eigenvalue weighted by Crippen LogP contribution is 2.08. The van der Waals surface area contributed by atoms with Gasteiger partial charge in [0.2, 0.25) is 5.91 Å². The van der Waals surface area contributed by atoms with Crippen LogP contribution in [0.5, 0.6) is 0 Å². The Hall–Kier alpha value is -2.09. The average Bonchev–Trinajstić information content (AvgIpc) is 2.52. The Labute approximate surface area is 127 Å². The summed E-state index contributed by atoms with van der Waals surface area (Å²) in [6.07, 6.45) is 2.39. The fourth-order valence-corrected chi connectivity index (χ4v) is 2.29. The van der Waals surface area contributed by atoms with Crippen molar-refractivity contribution in [1.82, 2.24) is 5.32 Å². The van der Waals surface area contributed by atoms with E-state index in [4.69, 9.17) is 0 Å². The molecular weight excluding hydrogens is 258 g/mol. The van der Waals surface area contributed by atoms with Crippen LogP contribution in [0.2, 0.25) is 0 Å². The lowest BCUT2D eigenvalue weighted by atomic mass is 10.1. The lowest BCUT2D eigenvalue weighted by Crippen LogP contribution is -2.23. The Bertz CT molecular complexity index is 587. The van der Waals surface area contributed by atoms with Gasteiger partial charge in [0.05, 0.1) is 0 Å². The van der Waals surface area contributed by atoms with Crippen molar-refractivity contribution >= 4 is 5.91 Å². The summed E-state index contributed by atoms with van der Waals surface area (Å²) in [6.45, 7) is 4.82. The molecule has 2 nitrogen and oxygen atoms in total.